The van der Waals surface area contributed by atoms with Gasteiger partial charge in [0.2, 0.25) is 0 Å². The molecule has 206 valence electrons. The van der Waals surface area contributed by atoms with Gasteiger partial charge in [-0.05, 0) is 37.3 Å². The van der Waals surface area contributed by atoms with Gasteiger partial charge in [0.15, 0.2) is 11.5 Å². The summed E-state index contributed by atoms with van der Waals surface area (Å²) in [6.45, 7) is 6.62. The van der Waals surface area contributed by atoms with E-state index in [9.17, 15) is 9.59 Å². The van der Waals surface area contributed by atoms with Crippen LogP contribution in [0.1, 0.15) is 155 Å². The topological polar surface area (TPSA) is 52.6 Å². The first-order chi connectivity index (χ1) is 17.6. The number of ether oxygens (including phenoxy) is 2. The highest BCUT2D eigenvalue weighted by Gasteiger charge is 2.18. The van der Waals surface area contributed by atoms with Crippen molar-refractivity contribution in [2.75, 3.05) is 0 Å². The molecule has 36 heavy (non-hydrogen) atoms. The van der Waals surface area contributed by atoms with Gasteiger partial charge in [-0.3, -0.25) is 9.59 Å². The van der Waals surface area contributed by atoms with Crippen LogP contribution in [0.5, 0.6) is 11.5 Å². The molecule has 0 saturated heterocycles. The summed E-state index contributed by atoms with van der Waals surface area (Å²) < 4.78 is 11.6. The molecule has 0 heterocycles. The molecule has 1 aromatic carbocycles. The summed E-state index contributed by atoms with van der Waals surface area (Å²) in [5.74, 6) is 0.377. The second-order valence-electron chi connectivity index (χ2n) is 10.2. The molecule has 4 nitrogen and oxygen atoms in total. The smallest absolute Gasteiger partial charge is 0.311 e. The molecule has 1 rings (SSSR count). The average Bonchev–Trinajstić information content (AvgIpc) is 2.87. The normalized spacial score (nSPS) is 11.0. The number of unbranched alkanes of at least 4 members (excludes halogenated alkanes) is 15. The fourth-order valence-corrected chi connectivity index (χ4v) is 4.49. The highest BCUT2D eigenvalue weighted by Crippen LogP contribution is 2.33. The van der Waals surface area contributed by atoms with Crippen molar-refractivity contribution in [3.8, 4) is 11.5 Å². The second-order valence-corrected chi connectivity index (χ2v) is 10.2. The van der Waals surface area contributed by atoms with Crippen molar-refractivity contribution < 1.29 is 19.1 Å². The van der Waals surface area contributed by atoms with Crippen LogP contribution in [-0.4, -0.2) is 11.9 Å². The Bertz CT molecular complexity index is 697. The van der Waals surface area contributed by atoms with E-state index >= 15 is 0 Å². The molecule has 1 aromatic rings. The van der Waals surface area contributed by atoms with Gasteiger partial charge >= 0.3 is 11.9 Å². The quantitative estimate of drug-likeness (QED) is 0.0848. The zero-order valence-corrected chi connectivity index (χ0v) is 23.7. The third kappa shape index (κ3) is 16.0. The SMILES string of the molecule is CCCCCCCCCCc1cccc(OC(=O)CCCCCCC)c1OC(=O)CCCCCCC. The molecule has 0 unspecified atom stereocenters. The molecule has 0 N–H and O–H groups in total. The zero-order chi connectivity index (χ0) is 26.3. The largest absolute Gasteiger partial charge is 0.423 e. The van der Waals surface area contributed by atoms with Gasteiger partial charge in [-0.1, -0.05) is 129 Å². The van der Waals surface area contributed by atoms with E-state index in [1.807, 2.05) is 12.1 Å². The van der Waals surface area contributed by atoms with E-state index in [4.69, 9.17) is 9.47 Å². The van der Waals surface area contributed by atoms with Crippen LogP contribution in [0.3, 0.4) is 0 Å². The molecule has 0 aliphatic heterocycles. The number of carbonyl (C=O) groups is 2. The molecular weight excluding hydrogens is 448 g/mol. The van der Waals surface area contributed by atoms with Gasteiger partial charge in [0.25, 0.3) is 0 Å². The van der Waals surface area contributed by atoms with Crippen LogP contribution in [0.15, 0.2) is 18.2 Å². The Hall–Kier alpha value is -1.84. The Balaban J connectivity index is 2.69. The van der Waals surface area contributed by atoms with Crippen molar-refractivity contribution in [2.24, 2.45) is 0 Å². The summed E-state index contributed by atoms with van der Waals surface area (Å²) in [7, 11) is 0. The van der Waals surface area contributed by atoms with Crippen LogP contribution in [0, 0.1) is 0 Å². The highest BCUT2D eigenvalue weighted by molar-refractivity contribution is 5.76. The fraction of sp³-hybridized carbons (Fsp3) is 0.750. The lowest BCUT2D eigenvalue weighted by Gasteiger charge is -2.15. The van der Waals surface area contributed by atoms with Crippen molar-refractivity contribution in [3.05, 3.63) is 23.8 Å². The number of hydrogen-bond acceptors (Lipinski definition) is 4. The van der Waals surface area contributed by atoms with Gasteiger partial charge in [-0.25, -0.2) is 0 Å². The Morgan fingerprint density at radius 3 is 1.53 bits per heavy atom. The van der Waals surface area contributed by atoms with Crippen LogP contribution in [0.4, 0.5) is 0 Å². The van der Waals surface area contributed by atoms with Crippen LogP contribution < -0.4 is 9.47 Å². The molecule has 4 heteroatoms. The number of para-hydroxylation sites is 1. The Morgan fingerprint density at radius 2 is 1.00 bits per heavy atom. The van der Waals surface area contributed by atoms with Gasteiger partial charge < -0.3 is 9.47 Å². The van der Waals surface area contributed by atoms with Gasteiger partial charge in [0, 0.05) is 12.8 Å². The minimum absolute atomic E-state index is 0.230. The maximum absolute atomic E-state index is 12.6. The lowest BCUT2D eigenvalue weighted by atomic mass is 10.0. The molecule has 0 saturated carbocycles. The third-order valence-corrected chi connectivity index (χ3v) is 6.77. The monoisotopic (exact) mass is 502 g/mol. The number of rotatable bonds is 23. The summed E-state index contributed by atoms with van der Waals surface area (Å²) in [5, 5.41) is 0. The minimum atomic E-state index is -0.243. The molecule has 0 radical (unpaired) electrons. The van der Waals surface area contributed by atoms with Crippen molar-refractivity contribution >= 4 is 11.9 Å². The molecule has 0 spiro atoms. The van der Waals surface area contributed by atoms with E-state index in [0.717, 1.165) is 56.9 Å². The lowest BCUT2D eigenvalue weighted by molar-refractivity contribution is -0.137. The van der Waals surface area contributed by atoms with E-state index in [1.165, 1.54) is 70.6 Å². The average molecular weight is 503 g/mol. The van der Waals surface area contributed by atoms with E-state index in [2.05, 4.69) is 20.8 Å². The number of benzene rings is 1. The summed E-state index contributed by atoms with van der Waals surface area (Å²) in [6, 6.07) is 5.68. The minimum Gasteiger partial charge on any atom is -0.423 e. The predicted molar refractivity (Wildman–Crippen MR) is 151 cm³/mol. The van der Waals surface area contributed by atoms with Crippen molar-refractivity contribution in [2.45, 2.75) is 156 Å². The molecule has 0 bridgehead atoms. The van der Waals surface area contributed by atoms with Gasteiger partial charge in [-0.15, -0.1) is 0 Å². The van der Waals surface area contributed by atoms with Crippen LogP contribution in [0.25, 0.3) is 0 Å². The van der Waals surface area contributed by atoms with Crippen LogP contribution >= 0.6 is 0 Å². The summed E-state index contributed by atoms with van der Waals surface area (Å²) >= 11 is 0. The third-order valence-electron chi connectivity index (χ3n) is 6.77. The first kappa shape index (κ1) is 32.2. The van der Waals surface area contributed by atoms with Crippen molar-refractivity contribution in [3.63, 3.8) is 0 Å². The number of hydrogen-bond donors (Lipinski definition) is 0. The van der Waals surface area contributed by atoms with E-state index in [-0.39, 0.29) is 11.9 Å². The summed E-state index contributed by atoms with van der Waals surface area (Å²) in [4.78, 5) is 25.2. The molecule has 0 aliphatic rings. The van der Waals surface area contributed by atoms with Crippen LogP contribution in [0.2, 0.25) is 0 Å². The maximum Gasteiger partial charge on any atom is 0.311 e. The van der Waals surface area contributed by atoms with Crippen LogP contribution in [-0.2, 0) is 16.0 Å². The zero-order valence-electron chi connectivity index (χ0n) is 23.7. The van der Waals surface area contributed by atoms with E-state index in [0.29, 0.717) is 24.3 Å². The second kappa shape index (κ2) is 22.4. The predicted octanol–water partition coefficient (Wildman–Crippen LogP) is 9.90. The van der Waals surface area contributed by atoms with E-state index < -0.39 is 0 Å². The maximum atomic E-state index is 12.6. The van der Waals surface area contributed by atoms with Crippen molar-refractivity contribution in [1.29, 1.82) is 0 Å². The first-order valence-corrected chi connectivity index (χ1v) is 15.2. The molecule has 0 fully saturated rings. The summed E-state index contributed by atoms with van der Waals surface area (Å²) in [5.41, 5.74) is 0.966. The molecule has 0 atom stereocenters. The molecule has 0 amide bonds. The Morgan fingerprint density at radius 1 is 0.556 bits per heavy atom. The molecular formula is C32H54O4. The van der Waals surface area contributed by atoms with E-state index in [1.54, 1.807) is 6.07 Å². The standard InChI is InChI=1S/C32H54O4/c1-4-7-10-13-14-15-18-19-23-28-24-22-25-29(35-30(33)26-20-16-11-8-5-2)32(28)36-31(34)27-21-17-12-9-6-3/h22,24-25H,4-21,23,26-27H2,1-3H3. The lowest BCUT2D eigenvalue weighted by Crippen LogP contribution is -2.13. The number of esters is 2. The Kier molecular flexibility index (Phi) is 20.0. The fourth-order valence-electron chi connectivity index (χ4n) is 4.49. The number of aryl methyl sites for hydroxylation is 1. The highest BCUT2D eigenvalue weighted by atomic mass is 16.6. The van der Waals surface area contributed by atoms with Crippen molar-refractivity contribution in [1.82, 2.24) is 0 Å². The Labute approximate surface area is 221 Å². The van der Waals surface area contributed by atoms with Gasteiger partial charge in [0.1, 0.15) is 0 Å². The molecule has 0 aromatic heterocycles. The summed E-state index contributed by atoms with van der Waals surface area (Å²) in [6.07, 6.45) is 22.5. The number of carbonyl (C=O) groups excluding carboxylic acids is 2. The first-order valence-electron chi connectivity index (χ1n) is 15.2. The molecule has 0 aliphatic carbocycles. The van der Waals surface area contributed by atoms with Gasteiger partial charge in [-0.2, -0.15) is 0 Å². The van der Waals surface area contributed by atoms with Gasteiger partial charge in [0.05, 0.1) is 0 Å².